The van der Waals surface area contributed by atoms with Gasteiger partial charge in [-0.1, -0.05) is 74.0 Å². The summed E-state index contributed by atoms with van der Waals surface area (Å²) in [6.45, 7) is 2.74. The van der Waals surface area contributed by atoms with Crippen molar-refractivity contribution in [2.75, 3.05) is 12.3 Å². The van der Waals surface area contributed by atoms with Crippen LogP contribution in [-0.2, 0) is 28.3 Å². The number of benzene rings is 3. The Hall–Kier alpha value is -3.19. The average molecular weight is 511 g/mol. The second-order valence-corrected chi connectivity index (χ2v) is 9.57. The lowest BCUT2D eigenvalue weighted by Gasteiger charge is -2.31. The Bertz CT molecular complexity index is 1110. The predicted molar refractivity (Wildman–Crippen MR) is 141 cm³/mol. The van der Waals surface area contributed by atoms with Gasteiger partial charge in [-0.3, -0.25) is 9.59 Å². The Morgan fingerprint density at radius 1 is 0.917 bits per heavy atom. The maximum absolute atomic E-state index is 14.0. The Morgan fingerprint density at radius 3 is 2.31 bits per heavy atom. The number of nitrogens with zero attached hydrogens (tertiary/aromatic N) is 1. The second kappa shape index (κ2) is 14.4. The Balaban J connectivity index is 1.83. The van der Waals surface area contributed by atoms with Crippen LogP contribution in [0.25, 0.3) is 0 Å². The molecule has 0 aliphatic rings. The highest BCUT2D eigenvalue weighted by atomic mass is 32.2. The first-order valence-corrected chi connectivity index (χ1v) is 13.3. The number of nitrogens with one attached hydrogen (secondary N) is 1. The molecule has 0 fully saturated rings. The van der Waals surface area contributed by atoms with Crippen LogP contribution in [0.15, 0.2) is 78.9 Å². The van der Waals surface area contributed by atoms with Gasteiger partial charge in [0.25, 0.3) is 0 Å². The fourth-order valence-corrected chi connectivity index (χ4v) is 4.69. The summed E-state index contributed by atoms with van der Waals surface area (Å²) in [5, 5.41) is 2.97. The quantitative estimate of drug-likeness (QED) is 0.298. The fraction of sp³-hybridized carbons (Fsp3) is 0.310. The zero-order valence-corrected chi connectivity index (χ0v) is 21.3. The summed E-state index contributed by atoms with van der Waals surface area (Å²) in [5.74, 6) is -0.694. The van der Waals surface area contributed by atoms with Gasteiger partial charge in [-0.05, 0) is 41.3 Å². The van der Waals surface area contributed by atoms with Crippen molar-refractivity contribution in [3.05, 3.63) is 107 Å². The van der Waals surface area contributed by atoms with E-state index in [9.17, 15) is 18.4 Å². The van der Waals surface area contributed by atoms with E-state index in [1.54, 1.807) is 35.2 Å². The van der Waals surface area contributed by atoms with Gasteiger partial charge in [0.15, 0.2) is 0 Å². The molecule has 0 radical (unpaired) electrons. The van der Waals surface area contributed by atoms with E-state index in [-0.39, 0.29) is 35.7 Å². The van der Waals surface area contributed by atoms with Gasteiger partial charge in [0.05, 0.1) is 5.75 Å². The van der Waals surface area contributed by atoms with Gasteiger partial charge in [0.2, 0.25) is 11.8 Å². The van der Waals surface area contributed by atoms with E-state index >= 15 is 0 Å². The standard InChI is InChI=1S/C29H32F2N2O2S/c1-2-3-17-32-29(35)27(18-22-9-5-4-6-10-22)33(19-23-13-15-25(30)16-14-23)28(34)21-36-20-24-11-7-8-12-26(24)31/h4-16,27H,2-3,17-21H2,1H3,(H,32,35). The van der Waals surface area contributed by atoms with Gasteiger partial charge in [-0.2, -0.15) is 0 Å². The maximum atomic E-state index is 14.0. The normalized spacial score (nSPS) is 11.6. The molecule has 0 aliphatic heterocycles. The average Bonchev–Trinajstić information content (AvgIpc) is 2.89. The van der Waals surface area contributed by atoms with Crippen molar-refractivity contribution in [1.82, 2.24) is 10.2 Å². The maximum Gasteiger partial charge on any atom is 0.243 e. The number of carbonyl (C=O) groups is 2. The zero-order valence-electron chi connectivity index (χ0n) is 20.5. The lowest BCUT2D eigenvalue weighted by atomic mass is 10.0. The van der Waals surface area contributed by atoms with Gasteiger partial charge in [0, 0.05) is 25.3 Å². The SMILES string of the molecule is CCCCNC(=O)C(Cc1ccccc1)N(Cc1ccc(F)cc1)C(=O)CSCc1ccccc1F. The Morgan fingerprint density at radius 2 is 1.61 bits per heavy atom. The van der Waals surface area contributed by atoms with Gasteiger partial charge >= 0.3 is 0 Å². The van der Waals surface area contributed by atoms with E-state index in [0.29, 0.717) is 24.3 Å². The molecular formula is C29H32F2N2O2S. The highest BCUT2D eigenvalue weighted by molar-refractivity contribution is 7.99. The van der Waals surface area contributed by atoms with Crippen molar-refractivity contribution in [3.63, 3.8) is 0 Å². The van der Waals surface area contributed by atoms with Crippen molar-refractivity contribution >= 4 is 23.6 Å². The number of amides is 2. The number of hydrogen-bond donors (Lipinski definition) is 1. The van der Waals surface area contributed by atoms with Crippen LogP contribution >= 0.6 is 11.8 Å². The molecule has 190 valence electrons. The Labute approximate surface area is 216 Å². The molecular weight excluding hydrogens is 478 g/mol. The number of thioether (sulfide) groups is 1. The molecule has 3 aromatic carbocycles. The molecule has 0 heterocycles. The lowest BCUT2D eigenvalue weighted by Crippen LogP contribution is -2.51. The molecule has 4 nitrogen and oxygen atoms in total. The van der Waals surface area contributed by atoms with E-state index in [1.807, 2.05) is 37.3 Å². The monoisotopic (exact) mass is 510 g/mol. The van der Waals surface area contributed by atoms with Crippen LogP contribution in [0.2, 0.25) is 0 Å². The van der Waals surface area contributed by atoms with Crippen molar-refractivity contribution in [3.8, 4) is 0 Å². The third-order valence-corrected chi connectivity index (χ3v) is 6.77. The minimum Gasteiger partial charge on any atom is -0.354 e. The molecule has 3 rings (SSSR count). The second-order valence-electron chi connectivity index (χ2n) is 8.58. The van der Waals surface area contributed by atoms with E-state index in [0.717, 1.165) is 24.0 Å². The van der Waals surface area contributed by atoms with Crippen LogP contribution < -0.4 is 5.32 Å². The molecule has 0 saturated heterocycles. The smallest absolute Gasteiger partial charge is 0.243 e. The lowest BCUT2D eigenvalue weighted by molar-refractivity contribution is -0.139. The Kier molecular flexibility index (Phi) is 11.0. The largest absolute Gasteiger partial charge is 0.354 e. The number of unbranched alkanes of at least 4 members (excludes halogenated alkanes) is 1. The summed E-state index contributed by atoms with van der Waals surface area (Å²) in [6.07, 6.45) is 2.13. The summed E-state index contributed by atoms with van der Waals surface area (Å²) in [4.78, 5) is 28.4. The van der Waals surface area contributed by atoms with Crippen LogP contribution in [0.1, 0.15) is 36.5 Å². The molecule has 0 saturated carbocycles. The van der Waals surface area contributed by atoms with Crippen LogP contribution in [0.3, 0.4) is 0 Å². The first-order chi connectivity index (χ1) is 17.5. The highest BCUT2D eigenvalue weighted by Crippen LogP contribution is 2.20. The van der Waals surface area contributed by atoms with Crippen LogP contribution in [0.5, 0.6) is 0 Å². The summed E-state index contributed by atoms with van der Waals surface area (Å²) in [7, 11) is 0. The van der Waals surface area contributed by atoms with E-state index in [2.05, 4.69) is 5.32 Å². The van der Waals surface area contributed by atoms with Gasteiger partial charge < -0.3 is 10.2 Å². The minimum atomic E-state index is -0.740. The molecule has 0 spiro atoms. The van der Waals surface area contributed by atoms with E-state index in [4.69, 9.17) is 0 Å². The molecule has 3 aromatic rings. The van der Waals surface area contributed by atoms with Crippen LogP contribution in [0.4, 0.5) is 8.78 Å². The van der Waals surface area contributed by atoms with Crippen molar-refractivity contribution in [2.45, 2.75) is 44.5 Å². The third kappa shape index (κ3) is 8.48. The molecule has 0 aromatic heterocycles. The molecule has 0 bridgehead atoms. The summed E-state index contributed by atoms with van der Waals surface area (Å²) >= 11 is 1.30. The van der Waals surface area contributed by atoms with E-state index < -0.39 is 6.04 Å². The molecule has 1 unspecified atom stereocenters. The fourth-order valence-electron chi connectivity index (χ4n) is 3.79. The van der Waals surface area contributed by atoms with Crippen molar-refractivity contribution in [1.29, 1.82) is 0 Å². The molecule has 7 heteroatoms. The van der Waals surface area contributed by atoms with Crippen LogP contribution in [0, 0.1) is 11.6 Å². The van der Waals surface area contributed by atoms with Crippen molar-refractivity contribution < 1.29 is 18.4 Å². The molecule has 2 amide bonds. The summed E-state index contributed by atoms with van der Waals surface area (Å²) in [6, 6.07) is 21.2. The van der Waals surface area contributed by atoms with Gasteiger partial charge in [0.1, 0.15) is 17.7 Å². The van der Waals surface area contributed by atoms with E-state index in [1.165, 1.54) is 30.0 Å². The molecule has 1 atom stereocenters. The van der Waals surface area contributed by atoms with Crippen molar-refractivity contribution in [2.24, 2.45) is 0 Å². The summed E-state index contributed by atoms with van der Waals surface area (Å²) in [5.41, 5.74) is 2.19. The first-order valence-electron chi connectivity index (χ1n) is 12.1. The van der Waals surface area contributed by atoms with Gasteiger partial charge in [-0.25, -0.2) is 8.78 Å². The zero-order chi connectivity index (χ0) is 25.8. The first kappa shape index (κ1) is 27.4. The van der Waals surface area contributed by atoms with Crippen LogP contribution in [-0.4, -0.2) is 35.1 Å². The highest BCUT2D eigenvalue weighted by Gasteiger charge is 2.30. The molecule has 36 heavy (non-hydrogen) atoms. The minimum absolute atomic E-state index is 0.0864. The third-order valence-electron chi connectivity index (χ3n) is 5.81. The number of rotatable bonds is 13. The molecule has 0 aliphatic carbocycles. The summed E-state index contributed by atoms with van der Waals surface area (Å²) < 4.78 is 27.5. The predicted octanol–water partition coefficient (Wildman–Crippen LogP) is 5.75. The topological polar surface area (TPSA) is 49.4 Å². The number of halogens is 2. The number of carbonyl (C=O) groups excluding carboxylic acids is 2. The number of hydrogen-bond acceptors (Lipinski definition) is 3. The molecule has 1 N–H and O–H groups in total. The van der Waals surface area contributed by atoms with Gasteiger partial charge in [-0.15, -0.1) is 11.8 Å².